The molecule has 23 heavy (non-hydrogen) atoms. The summed E-state index contributed by atoms with van der Waals surface area (Å²) in [6.45, 7) is 1.39. The molecule has 1 N–H and O–H groups in total. The molecule has 0 aliphatic heterocycles. The Kier molecular flexibility index (Phi) is 5.74. The lowest BCUT2D eigenvalue weighted by atomic mass is 10.2. The smallest absolute Gasteiger partial charge is 0.341 e. The Hall–Kier alpha value is -1.92. The van der Waals surface area contributed by atoms with Gasteiger partial charge in [0.1, 0.15) is 5.82 Å². The van der Waals surface area contributed by atoms with Crippen LogP contribution in [0, 0.1) is 12.7 Å². The molecule has 0 radical (unpaired) electrons. The van der Waals surface area contributed by atoms with Crippen LogP contribution in [0.15, 0.2) is 40.9 Å². The Balaban J connectivity index is 1.93. The first-order valence-corrected chi connectivity index (χ1v) is 7.72. The molecule has 0 aromatic heterocycles. The number of rotatable bonds is 4. The topological polar surface area (TPSA) is 55.4 Å². The van der Waals surface area contributed by atoms with Gasteiger partial charge < -0.3 is 10.1 Å². The standard InChI is InChI=1S/C16H12BrClFNO3/c1-9-2-4-11(7-13(9)17)20-15(21)8-23-16(22)12-5-3-10(18)6-14(12)19/h2-7H,8H2,1H3,(H,20,21). The third-order valence-corrected chi connectivity index (χ3v) is 4.03. The summed E-state index contributed by atoms with van der Waals surface area (Å²) in [5, 5.41) is 2.75. The number of halogens is 3. The van der Waals surface area contributed by atoms with Crippen LogP contribution in [-0.4, -0.2) is 18.5 Å². The Morgan fingerprint density at radius 3 is 2.65 bits per heavy atom. The van der Waals surface area contributed by atoms with Gasteiger partial charge in [-0.2, -0.15) is 0 Å². The Labute approximate surface area is 145 Å². The van der Waals surface area contributed by atoms with Crippen molar-refractivity contribution in [3.63, 3.8) is 0 Å². The van der Waals surface area contributed by atoms with Crippen molar-refractivity contribution in [1.82, 2.24) is 0 Å². The highest BCUT2D eigenvalue weighted by Crippen LogP contribution is 2.20. The van der Waals surface area contributed by atoms with E-state index in [0.717, 1.165) is 16.1 Å². The number of aryl methyl sites for hydroxylation is 1. The Bertz CT molecular complexity index is 767. The first-order valence-electron chi connectivity index (χ1n) is 6.55. The van der Waals surface area contributed by atoms with Gasteiger partial charge in [-0.3, -0.25) is 4.79 Å². The van der Waals surface area contributed by atoms with Crippen molar-refractivity contribution in [1.29, 1.82) is 0 Å². The van der Waals surface area contributed by atoms with Gasteiger partial charge in [-0.1, -0.05) is 33.6 Å². The summed E-state index contributed by atoms with van der Waals surface area (Å²) in [7, 11) is 0. The van der Waals surface area contributed by atoms with Crippen LogP contribution in [0.25, 0.3) is 0 Å². The average Bonchev–Trinajstić information content (AvgIpc) is 2.48. The molecule has 2 aromatic carbocycles. The van der Waals surface area contributed by atoms with E-state index < -0.39 is 24.3 Å². The predicted molar refractivity (Wildman–Crippen MR) is 89.2 cm³/mol. The highest BCUT2D eigenvalue weighted by atomic mass is 79.9. The molecule has 0 aliphatic rings. The average molecular weight is 401 g/mol. The summed E-state index contributed by atoms with van der Waals surface area (Å²) in [5.74, 6) is -2.26. The number of ether oxygens (including phenoxy) is 1. The van der Waals surface area contributed by atoms with E-state index in [4.69, 9.17) is 16.3 Å². The van der Waals surface area contributed by atoms with Gasteiger partial charge in [0.25, 0.3) is 5.91 Å². The van der Waals surface area contributed by atoms with E-state index >= 15 is 0 Å². The first kappa shape index (κ1) is 17.4. The van der Waals surface area contributed by atoms with Crippen LogP contribution in [0.1, 0.15) is 15.9 Å². The maximum atomic E-state index is 13.6. The van der Waals surface area contributed by atoms with Crippen molar-refractivity contribution < 1.29 is 18.7 Å². The van der Waals surface area contributed by atoms with Crippen LogP contribution in [0.5, 0.6) is 0 Å². The fraction of sp³-hybridized carbons (Fsp3) is 0.125. The summed E-state index contributed by atoms with van der Waals surface area (Å²) in [6, 6.07) is 8.85. The number of anilines is 1. The molecule has 0 saturated heterocycles. The highest BCUT2D eigenvalue weighted by molar-refractivity contribution is 9.10. The minimum absolute atomic E-state index is 0.168. The zero-order valence-corrected chi connectivity index (χ0v) is 14.4. The molecular formula is C16H12BrClFNO3. The largest absolute Gasteiger partial charge is 0.452 e. The molecule has 0 aliphatic carbocycles. The summed E-state index contributed by atoms with van der Waals surface area (Å²) in [6.07, 6.45) is 0. The van der Waals surface area contributed by atoms with E-state index in [9.17, 15) is 14.0 Å². The van der Waals surface area contributed by atoms with Gasteiger partial charge in [0.05, 0.1) is 5.56 Å². The maximum Gasteiger partial charge on any atom is 0.341 e. The normalized spacial score (nSPS) is 10.3. The Morgan fingerprint density at radius 2 is 2.00 bits per heavy atom. The zero-order valence-electron chi connectivity index (χ0n) is 12.0. The SMILES string of the molecule is Cc1ccc(NC(=O)COC(=O)c2ccc(Cl)cc2F)cc1Br. The second-order valence-electron chi connectivity index (χ2n) is 4.71. The molecule has 0 saturated carbocycles. The van der Waals surface area contributed by atoms with Gasteiger partial charge in [0, 0.05) is 15.2 Å². The van der Waals surface area contributed by atoms with E-state index in [0.29, 0.717) is 5.69 Å². The van der Waals surface area contributed by atoms with E-state index in [1.54, 1.807) is 12.1 Å². The molecule has 0 fully saturated rings. The molecule has 0 heterocycles. The van der Waals surface area contributed by atoms with E-state index in [1.165, 1.54) is 12.1 Å². The maximum absolute atomic E-state index is 13.6. The minimum Gasteiger partial charge on any atom is -0.452 e. The molecule has 7 heteroatoms. The van der Waals surface area contributed by atoms with Crippen molar-refractivity contribution in [2.24, 2.45) is 0 Å². The monoisotopic (exact) mass is 399 g/mol. The number of hydrogen-bond acceptors (Lipinski definition) is 3. The van der Waals surface area contributed by atoms with Crippen molar-refractivity contribution in [3.8, 4) is 0 Å². The molecule has 1 amide bonds. The third kappa shape index (κ3) is 4.77. The summed E-state index contributed by atoms with van der Waals surface area (Å²) < 4.78 is 19.2. The number of esters is 1. The lowest BCUT2D eigenvalue weighted by Crippen LogP contribution is -2.21. The van der Waals surface area contributed by atoms with Gasteiger partial charge in [-0.15, -0.1) is 0 Å². The van der Waals surface area contributed by atoms with Crippen molar-refractivity contribution >= 4 is 45.1 Å². The molecule has 2 rings (SSSR count). The van der Waals surface area contributed by atoms with Gasteiger partial charge in [-0.05, 0) is 42.8 Å². The summed E-state index contributed by atoms with van der Waals surface area (Å²) in [5.41, 5.74) is 1.30. The van der Waals surface area contributed by atoms with E-state index in [-0.39, 0.29) is 10.6 Å². The number of carbonyl (C=O) groups excluding carboxylic acids is 2. The van der Waals surface area contributed by atoms with Crippen LogP contribution >= 0.6 is 27.5 Å². The third-order valence-electron chi connectivity index (χ3n) is 2.94. The fourth-order valence-electron chi connectivity index (χ4n) is 1.73. The van der Waals surface area contributed by atoms with Crippen molar-refractivity contribution in [2.45, 2.75) is 6.92 Å². The van der Waals surface area contributed by atoms with Crippen molar-refractivity contribution in [3.05, 3.63) is 62.8 Å². The molecule has 120 valence electrons. The molecule has 0 spiro atoms. The molecule has 0 unspecified atom stereocenters. The van der Waals surface area contributed by atoms with Crippen LogP contribution in [0.4, 0.5) is 10.1 Å². The Morgan fingerprint density at radius 1 is 1.26 bits per heavy atom. The lowest BCUT2D eigenvalue weighted by Gasteiger charge is -2.08. The molecule has 2 aromatic rings. The second kappa shape index (κ2) is 7.57. The van der Waals surface area contributed by atoms with E-state index in [1.807, 2.05) is 13.0 Å². The molecule has 0 atom stereocenters. The van der Waals surface area contributed by atoms with Gasteiger partial charge in [0.15, 0.2) is 6.61 Å². The highest BCUT2D eigenvalue weighted by Gasteiger charge is 2.15. The molecule has 0 bridgehead atoms. The molecular weight excluding hydrogens is 389 g/mol. The number of amides is 1. The second-order valence-corrected chi connectivity index (χ2v) is 6.00. The zero-order chi connectivity index (χ0) is 17.0. The minimum atomic E-state index is -0.931. The first-order chi connectivity index (χ1) is 10.9. The number of nitrogens with one attached hydrogen (secondary N) is 1. The van der Waals surface area contributed by atoms with Gasteiger partial charge >= 0.3 is 5.97 Å². The molecule has 4 nitrogen and oxygen atoms in total. The number of benzene rings is 2. The van der Waals surface area contributed by atoms with Crippen LogP contribution in [-0.2, 0) is 9.53 Å². The predicted octanol–water partition coefficient (Wildman–Crippen LogP) is 4.35. The quantitative estimate of drug-likeness (QED) is 0.777. The van der Waals surface area contributed by atoms with Crippen LogP contribution in [0.3, 0.4) is 0 Å². The van der Waals surface area contributed by atoms with Crippen molar-refractivity contribution in [2.75, 3.05) is 11.9 Å². The van der Waals surface area contributed by atoms with Crippen LogP contribution < -0.4 is 5.32 Å². The van der Waals surface area contributed by atoms with Gasteiger partial charge in [0.2, 0.25) is 0 Å². The number of hydrogen-bond donors (Lipinski definition) is 1. The van der Waals surface area contributed by atoms with Crippen LogP contribution in [0.2, 0.25) is 5.02 Å². The van der Waals surface area contributed by atoms with E-state index in [2.05, 4.69) is 21.2 Å². The fourth-order valence-corrected chi connectivity index (χ4v) is 2.27. The number of carbonyl (C=O) groups is 2. The lowest BCUT2D eigenvalue weighted by molar-refractivity contribution is -0.119. The summed E-state index contributed by atoms with van der Waals surface area (Å²) in [4.78, 5) is 23.5. The van der Waals surface area contributed by atoms with Gasteiger partial charge in [-0.25, -0.2) is 9.18 Å². The summed E-state index contributed by atoms with van der Waals surface area (Å²) >= 11 is 8.96.